The molecular formula is C15H23N3O2. The van der Waals surface area contributed by atoms with Gasteiger partial charge in [-0.15, -0.1) is 0 Å². The van der Waals surface area contributed by atoms with Crippen molar-refractivity contribution in [3.05, 3.63) is 30.3 Å². The van der Waals surface area contributed by atoms with Crippen molar-refractivity contribution in [1.29, 1.82) is 0 Å². The maximum atomic E-state index is 11.9. The van der Waals surface area contributed by atoms with Crippen molar-refractivity contribution < 1.29 is 9.59 Å². The van der Waals surface area contributed by atoms with E-state index in [9.17, 15) is 9.59 Å². The number of anilines is 1. The third-order valence-corrected chi connectivity index (χ3v) is 2.90. The molecule has 0 saturated carbocycles. The lowest BCUT2D eigenvalue weighted by Crippen LogP contribution is -2.38. The molecule has 0 radical (unpaired) electrons. The highest BCUT2D eigenvalue weighted by molar-refractivity contribution is 5.94. The highest BCUT2D eigenvalue weighted by atomic mass is 16.2. The Morgan fingerprint density at radius 2 is 1.90 bits per heavy atom. The van der Waals surface area contributed by atoms with Crippen molar-refractivity contribution in [2.75, 3.05) is 25.5 Å². The zero-order chi connectivity index (χ0) is 15.0. The molecule has 5 nitrogen and oxygen atoms in total. The summed E-state index contributed by atoms with van der Waals surface area (Å²) in [5.41, 5.74) is 0.736. The van der Waals surface area contributed by atoms with Gasteiger partial charge in [0.05, 0.1) is 6.54 Å². The molecule has 1 rings (SSSR count). The Morgan fingerprint density at radius 1 is 1.25 bits per heavy atom. The van der Waals surface area contributed by atoms with Crippen LogP contribution in [0.5, 0.6) is 0 Å². The highest BCUT2D eigenvalue weighted by Crippen LogP contribution is 2.05. The first-order chi connectivity index (χ1) is 9.52. The monoisotopic (exact) mass is 277 g/mol. The number of carbonyl (C=O) groups excluding carboxylic acids is 2. The average molecular weight is 277 g/mol. The van der Waals surface area contributed by atoms with Crippen LogP contribution in [0.25, 0.3) is 0 Å². The Balaban J connectivity index is 2.39. The van der Waals surface area contributed by atoms with E-state index in [0.717, 1.165) is 12.2 Å². The minimum Gasteiger partial charge on any atom is -0.336 e. The second-order valence-corrected chi connectivity index (χ2v) is 4.83. The molecule has 2 amide bonds. The van der Waals surface area contributed by atoms with Crippen LogP contribution in [0.3, 0.4) is 0 Å². The Morgan fingerprint density at radius 3 is 2.50 bits per heavy atom. The van der Waals surface area contributed by atoms with Crippen LogP contribution in [0.2, 0.25) is 0 Å². The van der Waals surface area contributed by atoms with E-state index >= 15 is 0 Å². The van der Waals surface area contributed by atoms with Crippen LogP contribution in [0.1, 0.15) is 20.3 Å². The SMILES string of the molecule is CCNC(C)CC(=O)N(C)CC(=O)Nc1ccccc1. The number of para-hydroxylation sites is 1. The molecule has 1 atom stereocenters. The number of nitrogens with zero attached hydrogens (tertiary/aromatic N) is 1. The van der Waals surface area contributed by atoms with Gasteiger partial charge in [-0.3, -0.25) is 9.59 Å². The molecule has 20 heavy (non-hydrogen) atoms. The first-order valence-corrected chi connectivity index (χ1v) is 6.85. The Hall–Kier alpha value is -1.88. The summed E-state index contributed by atoms with van der Waals surface area (Å²) >= 11 is 0. The number of nitrogens with one attached hydrogen (secondary N) is 2. The summed E-state index contributed by atoms with van der Waals surface area (Å²) in [6.07, 6.45) is 0.392. The molecule has 0 aliphatic heterocycles. The van der Waals surface area contributed by atoms with Gasteiger partial charge >= 0.3 is 0 Å². The summed E-state index contributed by atoms with van der Waals surface area (Å²) in [6, 6.07) is 9.32. The number of hydrogen-bond donors (Lipinski definition) is 2. The topological polar surface area (TPSA) is 61.4 Å². The van der Waals surface area contributed by atoms with Gasteiger partial charge in [0.15, 0.2) is 0 Å². The van der Waals surface area contributed by atoms with E-state index in [1.165, 1.54) is 4.90 Å². The van der Waals surface area contributed by atoms with Crippen molar-refractivity contribution in [2.45, 2.75) is 26.3 Å². The lowest BCUT2D eigenvalue weighted by Gasteiger charge is -2.19. The fourth-order valence-electron chi connectivity index (χ4n) is 1.86. The van der Waals surface area contributed by atoms with Gasteiger partial charge in [0.1, 0.15) is 0 Å². The predicted octanol–water partition coefficient (Wildman–Crippen LogP) is 1.47. The molecular weight excluding hydrogens is 254 g/mol. The van der Waals surface area contributed by atoms with Gasteiger partial charge in [-0.2, -0.15) is 0 Å². The molecule has 1 aromatic rings. The molecule has 2 N–H and O–H groups in total. The molecule has 0 aromatic heterocycles. The van der Waals surface area contributed by atoms with Crippen molar-refractivity contribution in [3.8, 4) is 0 Å². The van der Waals surface area contributed by atoms with Gasteiger partial charge in [-0.1, -0.05) is 25.1 Å². The van der Waals surface area contributed by atoms with Crippen molar-refractivity contribution in [3.63, 3.8) is 0 Å². The molecule has 0 spiro atoms. The van der Waals surface area contributed by atoms with Gasteiger partial charge in [-0.05, 0) is 25.6 Å². The lowest BCUT2D eigenvalue weighted by molar-refractivity contribution is -0.133. The van der Waals surface area contributed by atoms with Gasteiger partial charge in [0.25, 0.3) is 0 Å². The molecule has 0 aliphatic carbocycles. The summed E-state index contributed by atoms with van der Waals surface area (Å²) in [5.74, 6) is -0.232. The van der Waals surface area contributed by atoms with Crippen LogP contribution in [0, 0.1) is 0 Å². The van der Waals surface area contributed by atoms with Crippen molar-refractivity contribution in [2.24, 2.45) is 0 Å². The summed E-state index contributed by atoms with van der Waals surface area (Å²) < 4.78 is 0. The number of rotatable bonds is 7. The van der Waals surface area contributed by atoms with Crippen LogP contribution in [-0.4, -0.2) is 42.9 Å². The van der Waals surface area contributed by atoms with E-state index in [0.29, 0.717) is 6.42 Å². The Labute approximate surface area is 120 Å². The van der Waals surface area contributed by atoms with Crippen molar-refractivity contribution in [1.82, 2.24) is 10.2 Å². The molecule has 0 bridgehead atoms. The molecule has 1 aromatic carbocycles. The maximum Gasteiger partial charge on any atom is 0.243 e. The summed E-state index contributed by atoms with van der Waals surface area (Å²) in [4.78, 5) is 25.2. The zero-order valence-electron chi connectivity index (χ0n) is 12.3. The van der Waals surface area contributed by atoms with Crippen LogP contribution in [-0.2, 0) is 9.59 Å². The first kappa shape index (κ1) is 16.2. The summed E-state index contributed by atoms with van der Waals surface area (Å²) in [5, 5.41) is 5.93. The largest absolute Gasteiger partial charge is 0.336 e. The standard InChI is InChI=1S/C15H23N3O2/c1-4-16-12(2)10-15(20)18(3)11-14(19)17-13-8-6-5-7-9-13/h5-9,12,16H,4,10-11H2,1-3H3,(H,17,19). The average Bonchev–Trinajstić information content (AvgIpc) is 2.39. The van der Waals surface area contributed by atoms with Crippen LogP contribution in [0.4, 0.5) is 5.69 Å². The van der Waals surface area contributed by atoms with E-state index in [4.69, 9.17) is 0 Å². The third kappa shape index (κ3) is 5.84. The number of carbonyl (C=O) groups is 2. The fraction of sp³-hybridized carbons (Fsp3) is 0.467. The summed E-state index contributed by atoms with van der Waals surface area (Å²) in [6.45, 7) is 4.84. The first-order valence-electron chi connectivity index (χ1n) is 6.85. The van der Waals surface area contributed by atoms with Crippen LogP contribution >= 0.6 is 0 Å². The highest BCUT2D eigenvalue weighted by Gasteiger charge is 2.15. The van der Waals surface area contributed by atoms with Gasteiger partial charge in [0.2, 0.25) is 11.8 Å². The summed E-state index contributed by atoms with van der Waals surface area (Å²) in [7, 11) is 1.64. The number of amides is 2. The van der Waals surface area contributed by atoms with Crippen LogP contribution in [0.15, 0.2) is 30.3 Å². The van der Waals surface area contributed by atoms with Crippen molar-refractivity contribution >= 4 is 17.5 Å². The van der Waals surface area contributed by atoms with E-state index in [1.54, 1.807) is 7.05 Å². The number of hydrogen-bond acceptors (Lipinski definition) is 3. The molecule has 1 unspecified atom stereocenters. The van der Waals surface area contributed by atoms with Crippen LogP contribution < -0.4 is 10.6 Å². The third-order valence-electron chi connectivity index (χ3n) is 2.90. The molecule has 0 fully saturated rings. The van der Waals surface area contributed by atoms with E-state index in [2.05, 4.69) is 10.6 Å². The minimum atomic E-state index is -0.192. The van der Waals surface area contributed by atoms with E-state index in [-0.39, 0.29) is 24.4 Å². The second kappa shape index (κ2) is 8.32. The molecule has 5 heteroatoms. The maximum absolute atomic E-state index is 11.9. The van der Waals surface area contributed by atoms with E-state index < -0.39 is 0 Å². The normalized spacial score (nSPS) is 11.8. The van der Waals surface area contributed by atoms with E-state index in [1.807, 2.05) is 44.2 Å². The van der Waals surface area contributed by atoms with Gasteiger partial charge in [0, 0.05) is 25.2 Å². The number of likely N-dealkylation sites (N-methyl/N-ethyl adjacent to an activating group) is 1. The number of benzene rings is 1. The predicted molar refractivity (Wildman–Crippen MR) is 80.5 cm³/mol. The minimum absolute atomic E-state index is 0.0401. The molecule has 110 valence electrons. The quantitative estimate of drug-likeness (QED) is 0.793. The Kier molecular flexibility index (Phi) is 6.73. The molecule has 0 heterocycles. The lowest BCUT2D eigenvalue weighted by atomic mass is 10.2. The van der Waals surface area contributed by atoms with Gasteiger partial charge < -0.3 is 15.5 Å². The second-order valence-electron chi connectivity index (χ2n) is 4.83. The Bertz CT molecular complexity index is 434. The zero-order valence-corrected chi connectivity index (χ0v) is 12.3. The fourth-order valence-corrected chi connectivity index (χ4v) is 1.86. The molecule has 0 saturated heterocycles. The van der Waals surface area contributed by atoms with Gasteiger partial charge in [-0.25, -0.2) is 0 Å². The molecule has 0 aliphatic rings. The smallest absolute Gasteiger partial charge is 0.243 e.